The van der Waals surface area contributed by atoms with Crippen LogP contribution in [0.15, 0.2) is 113 Å². The molecule has 1 aliphatic carbocycles. The van der Waals surface area contributed by atoms with Gasteiger partial charge in [-0.1, -0.05) is 88.2 Å². The Morgan fingerprint density at radius 3 is 2.65 bits per heavy atom. The number of nitrogens with zero attached hydrogens (tertiary/aromatic N) is 1. The Kier molecular flexibility index (Phi) is 6.86. The second-order valence-corrected chi connectivity index (χ2v) is 10.8. The van der Waals surface area contributed by atoms with E-state index in [-0.39, 0.29) is 6.04 Å². The lowest BCUT2D eigenvalue weighted by Gasteiger charge is -2.37. The van der Waals surface area contributed by atoms with Crippen molar-refractivity contribution in [3.8, 4) is 5.75 Å². The number of ether oxygens (including phenoxy) is 1. The number of anilines is 1. The first-order valence-corrected chi connectivity index (χ1v) is 13.6. The van der Waals surface area contributed by atoms with Crippen molar-refractivity contribution >= 4 is 45.1 Å². The van der Waals surface area contributed by atoms with Crippen LogP contribution >= 0.6 is 27.5 Å². The molecule has 0 fully saturated rings. The number of halogens is 2. The van der Waals surface area contributed by atoms with Gasteiger partial charge in [0.25, 0.3) is 0 Å². The summed E-state index contributed by atoms with van der Waals surface area (Å²) in [5.41, 5.74) is 6.68. The number of fused-ring (bicyclic) bond motifs is 3. The first kappa shape index (κ1) is 24.0. The van der Waals surface area contributed by atoms with Crippen LogP contribution < -0.4 is 10.1 Å². The topological polar surface area (TPSA) is 33.6 Å². The maximum atomic E-state index is 6.30. The fourth-order valence-electron chi connectivity index (χ4n) is 5.31. The molecule has 184 valence electrons. The Morgan fingerprint density at radius 1 is 0.973 bits per heavy atom. The van der Waals surface area contributed by atoms with Crippen LogP contribution in [0.2, 0.25) is 5.02 Å². The van der Waals surface area contributed by atoms with Crippen LogP contribution in [-0.4, -0.2) is 6.21 Å². The van der Waals surface area contributed by atoms with Crippen molar-refractivity contribution in [2.45, 2.75) is 25.0 Å². The van der Waals surface area contributed by atoms with E-state index >= 15 is 0 Å². The summed E-state index contributed by atoms with van der Waals surface area (Å²) in [7, 11) is 0. The van der Waals surface area contributed by atoms with Gasteiger partial charge in [0, 0.05) is 38.4 Å². The fourth-order valence-corrected chi connectivity index (χ4v) is 5.88. The van der Waals surface area contributed by atoms with Crippen molar-refractivity contribution in [1.29, 1.82) is 0 Å². The van der Waals surface area contributed by atoms with Crippen molar-refractivity contribution in [2.75, 3.05) is 5.32 Å². The number of benzene rings is 4. The van der Waals surface area contributed by atoms with Gasteiger partial charge in [0.15, 0.2) is 0 Å². The Bertz CT molecular complexity index is 1480. The molecule has 1 heterocycles. The zero-order chi connectivity index (χ0) is 25.2. The molecule has 4 aromatic rings. The van der Waals surface area contributed by atoms with Crippen LogP contribution in [0.3, 0.4) is 0 Å². The lowest BCUT2D eigenvalue weighted by molar-refractivity contribution is 0.306. The summed E-state index contributed by atoms with van der Waals surface area (Å²) in [5, 5.41) is 4.50. The van der Waals surface area contributed by atoms with E-state index in [1.54, 1.807) is 0 Å². The first-order valence-electron chi connectivity index (χ1n) is 12.5. The van der Waals surface area contributed by atoms with E-state index in [1.807, 2.05) is 48.7 Å². The molecule has 3 atom stereocenters. The van der Waals surface area contributed by atoms with E-state index in [0.29, 0.717) is 23.5 Å². The highest BCUT2D eigenvalue weighted by molar-refractivity contribution is 9.10. The van der Waals surface area contributed by atoms with E-state index in [1.165, 1.54) is 16.8 Å². The van der Waals surface area contributed by atoms with Crippen molar-refractivity contribution in [1.82, 2.24) is 0 Å². The van der Waals surface area contributed by atoms with Crippen molar-refractivity contribution in [3.05, 3.63) is 135 Å². The predicted octanol–water partition coefficient (Wildman–Crippen LogP) is 9.26. The number of allylic oxidation sites excluding steroid dienone is 2. The Balaban J connectivity index is 1.19. The molecule has 3 nitrogen and oxygen atoms in total. The van der Waals surface area contributed by atoms with E-state index in [2.05, 4.69) is 81.9 Å². The van der Waals surface area contributed by atoms with E-state index in [0.717, 1.165) is 33.5 Å². The Hall–Kier alpha value is -3.34. The van der Waals surface area contributed by atoms with Crippen molar-refractivity contribution < 1.29 is 4.74 Å². The first-order chi connectivity index (χ1) is 18.2. The fraction of sp³-hybridized carbons (Fsp3) is 0.156. The molecule has 1 aliphatic heterocycles. The van der Waals surface area contributed by atoms with Crippen LogP contribution in [0, 0.1) is 5.92 Å². The number of para-hydroxylation sites is 1. The van der Waals surface area contributed by atoms with E-state index in [4.69, 9.17) is 21.3 Å². The Morgan fingerprint density at radius 2 is 1.78 bits per heavy atom. The van der Waals surface area contributed by atoms with Gasteiger partial charge in [-0.2, -0.15) is 0 Å². The monoisotopic (exact) mass is 568 g/mol. The molecule has 0 amide bonds. The molecule has 6 rings (SSSR count). The van der Waals surface area contributed by atoms with Gasteiger partial charge in [-0.25, -0.2) is 0 Å². The third-order valence-electron chi connectivity index (χ3n) is 7.19. The van der Waals surface area contributed by atoms with Crippen LogP contribution in [0.1, 0.15) is 40.6 Å². The quantitative estimate of drug-likeness (QED) is 0.185. The lowest BCUT2D eigenvalue weighted by atomic mass is 9.77. The molecule has 0 unspecified atom stereocenters. The van der Waals surface area contributed by atoms with Gasteiger partial charge in [-0.05, 0) is 65.9 Å². The maximum Gasteiger partial charge on any atom is 0.128 e. The molecule has 2 aliphatic rings. The summed E-state index contributed by atoms with van der Waals surface area (Å²) < 4.78 is 7.07. The molecule has 0 aromatic heterocycles. The second kappa shape index (κ2) is 10.6. The molecule has 1 N–H and O–H groups in total. The highest BCUT2D eigenvalue weighted by Crippen LogP contribution is 2.49. The smallest absolute Gasteiger partial charge is 0.128 e. The van der Waals surface area contributed by atoms with Gasteiger partial charge in [-0.15, -0.1) is 0 Å². The highest BCUT2D eigenvalue weighted by atomic mass is 79.9. The molecule has 0 saturated heterocycles. The number of rotatable bonds is 6. The van der Waals surface area contributed by atoms with Gasteiger partial charge < -0.3 is 10.1 Å². The highest BCUT2D eigenvalue weighted by Gasteiger charge is 2.37. The summed E-state index contributed by atoms with van der Waals surface area (Å²) >= 11 is 9.87. The van der Waals surface area contributed by atoms with Crippen LogP contribution in [0.25, 0.3) is 0 Å². The Labute approximate surface area is 231 Å². The molecule has 0 bridgehead atoms. The average Bonchev–Trinajstić information content (AvgIpc) is 3.43. The molecule has 5 heteroatoms. The zero-order valence-corrected chi connectivity index (χ0v) is 22.5. The summed E-state index contributed by atoms with van der Waals surface area (Å²) in [6, 6.07) is 31.2. The van der Waals surface area contributed by atoms with Gasteiger partial charge in [0.05, 0.1) is 11.7 Å². The normalized spacial score (nSPS) is 19.9. The summed E-state index contributed by atoms with van der Waals surface area (Å²) in [4.78, 5) is 4.75. The number of aliphatic imine (C=N–C) groups is 1. The third-order valence-corrected chi connectivity index (χ3v) is 8.05. The number of hydrogen-bond acceptors (Lipinski definition) is 3. The molecular formula is C32H26BrClN2O. The molecule has 0 saturated carbocycles. The predicted molar refractivity (Wildman–Crippen MR) is 156 cm³/mol. The summed E-state index contributed by atoms with van der Waals surface area (Å²) in [6.07, 6.45) is 7.65. The molecular weight excluding hydrogens is 544 g/mol. The van der Waals surface area contributed by atoms with Gasteiger partial charge >= 0.3 is 0 Å². The third kappa shape index (κ3) is 5.09. The van der Waals surface area contributed by atoms with Gasteiger partial charge in [0.1, 0.15) is 12.4 Å². The largest absolute Gasteiger partial charge is 0.488 e. The summed E-state index contributed by atoms with van der Waals surface area (Å²) in [6.45, 7) is 0.394. The minimum Gasteiger partial charge on any atom is -0.488 e. The number of nitrogens with one attached hydrogen (secondary N) is 1. The maximum absolute atomic E-state index is 6.30. The van der Waals surface area contributed by atoms with E-state index < -0.39 is 0 Å². The minimum atomic E-state index is 0.280. The number of hydrogen-bond donors (Lipinski definition) is 1. The second-order valence-electron chi connectivity index (χ2n) is 9.47. The molecule has 0 spiro atoms. The van der Waals surface area contributed by atoms with Gasteiger partial charge in [0.2, 0.25) is 0 Å². The standard InChI is InChI=1S/C32H26BrClN2O/c33-24-14-17-31(37-20-22-6-1-3-10-29(22)34)23(18-24)19-35-25-15-12-21(13-16-25)32-28-9-5-8-26(28)27-7-2-4-11-30(27)36-32/h1-8,10-19,26,28,32,36H,9,20H2/t26-,28+,32+/m1/s1. The van der Waals surface area contributed by atoms with Crippen molar-refractivity contribution in [2.24, 2.45) is 10.9 Å². The van der Waals surface area contributed by atoms with E-state index in [9.17, 15) is 0 Å². The van der Waals surface area contributed by atoms with Crippen molar-refractivity contribution in [3.63, 3.8) is 0 Å². The lowest BCUT2D eigenvalue weighted by Crippen LogP contribution is -2.28. The molecule has 0 radical (unpaired) electrons. The molecule has 37 heavy (non-hydrogen) atoms. The molecule has 4 aromatic carbocycles. The SMILES string of the molecule is Clc1ccccc1COc1ccc(Br)cc1C=Nc1ccc([C@@H]2Nc3ccccc3[C@H]3C=CC[C@@H]32)cc1. The minimum absolute atomic E-state index is 0.280. The van der Waals surface area contributed by atoms with Crippen LogP contribution in [-0.2, 0) is 6.61 Å². The van der Waals surface area contributed by atoms with Crippen LogP contribution in [0.5, 0.6) is 5.75 Å². The van der Waals surface area contributed by atoms with Gasteiger partial charge in [-0.3, -0.25) is 4.99 Å². The summed E-state index contributed by atoms with van der Waals surface area (Å²) in [5.74, 6) is 1.76. The van der Waals surface area contributed by atoms with Crippen LogP contribution in [0.4, 0.5) is 11.4 Å². The zero-order valence-electron chi connectivity index (χ0n) is 20.1. The average molecular weight is 570 g/mol.